The van der Waals surface area contributed by atoms with Gasteiger partial charge >= 0.3 is 0 Å². The molecule has 0 aromatic rings. The van der Waals surface area contributed by atoms with E-state index in [0.29, 0.717) is 6.42 Å². The van der Waals surface area contributed by atoms with Crippen molar-refractivity contribution in [2.75, 3.05) is 13.2 Å². The van der Waals surface area contributed by atoms with Gasteiger partial charge in [0, 0.05) is 25.6 Å². The van der Waals surface area contributed by atoms with Gasteiger partial charge in [-0.05, 0) is 63.4 Å². The number of unbranched alkanes of at least 4 members (excludes halogenated alkanes) is 2. The first-order chi connectivity index (χ1) is 15.2. The number of ketones is 1. The molecule has 2 saturated heterocycles. The van der Waals surface area contributed by atoms with Crippen molar-refractivity contribution in [1.29, 1.82) is 0 Å². The number of rotatable bonds is 10. The van der Waals surface area contributed by atoms with E-state index in [9.17, 15) is 4.79 Å². The van der Waals surface area contributed by atoms with Gasteiger partial charge in [-0.25, -0.2) is 0 Å². The third-order valence-corrected chi connectivity index (χ3v) is 7.14. The summed E-state index contributed by atoms with van der Waals surface area (Å²) in [5.74, 6) is 0.754. The van der Waals surface area contributed by atoms with Gasteiger partial charge in [0.15, 0.2) is 18.4 Å². The predicted molar refractivity (Wildman–Crippen MR) is 120 cm³/mol. The molecule has 6 atom stereocenters. The molecule has 174 valence electrons. The molecule has 2 unspecified atom stereocenters. The molecule has 0 amide bonds. The van der Waals surface area contributed by atoms with Crippen LogP contribution in [0.15, 0.2) is 23.8 Å². The van der Waals surface area contributed by atoms with E-state index in [2.05, 4.69) is 19.1 Å². The maximum absolute atomic E-state index is 12.1. The standard InChI is InChI=1S/C26H40O5/c1-2-3-4-9-21(30-25-10-5-7-14-28-25)12-13-22-23-18-20(27)16-19(23)17-24(22)31-26-11-6-8-15-29-26/h12-13,16,21-26H,2-11,14-15,17-18H2,1H3/t21-,22-,23+,24+,25?,26?/m0/s1. The molecular formula is C26H40O5. The number of allylic oxidation sites excluding steroid dienone is 1. The fourth-order valence-electron chi connectivity index (χ4n) is 5.42. The second-order valence-electron chi connectivity index (χ2n) is 9.60. The number of ether oxygens (including phenoxy) is 4. The molecule has 1 saturated carbocycles. The van der Waals surface area contributed by atoms with Crippen molar-refractivity contribution in [3.8, 4) is 0 Å². The molecular weight excluding hydrogens is 392 g/mol. The minimum absolute atomic E-state index is 0.0614. The first-order valence-corrected chi connectivity index (χ1v) is 12.7. The second kappa shape index (κ2) is 11.7. The summed E-state index contributed by atoms with van der Waals surface area (Å²) < 4.78 is 24.5. The number of hydrogen-bond donors (Lipinski definition) is 0. The maximum atomic E-state index is 12.1. The van der Waals surface area contributed by atoms with Gasteiger partial charge in [0.1, 0.15) is 0 Å². The highest BCUT2D eigenvalue weighted by Crippen LogP contribution is 2.45. The molecule has 0 aromatic heterocycles. The Kier molecular flexibility index (Phi) is 8.77. The average molecular weight is 433 g/mol. The number of carbonyl (C=O) groups excluding carboxylic acids is 1. The Morgan fingerprint density at radius 1 is 1.06 bits per heavy atom. The van der Waals surface area contributed by atoms with E-state index in [1.165, 1.54) is 24.8 Å². The normalized spacial score (nSPS) is 34.8. The molecule has 5 nitrogen and oxygen atoms in total. The summed E-state index contributed by atoms with van der Waals surface area (Å²) in [5.41, 5.74) is 1.26. The van der Waals surface area contributed by atoms with Crippen molar-refractivity contribution in [2.24, 2.45) is 11.8 Å². The quantitative estimate of drug-likeness (QED) is 0.338. The van der Waals surface area contributed by atoms with E-state index in [1.807, 2.05) is 6.08 Å². The largest absolute Gasteiger partial charge is 0.353 e. The van der Waals surface area contributed by atoms with Crippen molar-refractivity contribution >= 4 is 5.78 Å². The van der Waals surface area contributed by atoms with Crippen LogP contribution in [0.5, 0.6) is 0 Å². The van der Waals surface area contributed by atoms with Crippen LogP contribution in [0.25, 0.3) is 0 Å². The van der Waals surface area contributed by atoms with Crippen LogP contribution in [0.1, 0.15) is 84.0 Å². The topological polar surface area (TPSA) is 54.0 Å². The molecule has 0 N–H and O–H groups in total. The van der Waals surface area contributed by atoms with Crippen LogP contribution in [0.2, 0.25) is 0 Å². The van der Waals surface area contributed by atoms with Crippen LogP contribution in [0, 0.1) is 11.8 Å². The summed E-state index contributed by atoms with van der Waals surface area (Å²) >= 11 is 0. The summed E-state index contributed by atoms with van der Waals surface area (Å²) in [6.07, 6.45) is 19.0. The minimum atomic E-state index is -0.1000. The molecule has 2 aliphatic carbocycles. The van der Waals surface area contributed by atoms with E-state index < -0.39 is 0 Å². The van der Waals surface area contributed by atoms with Gasteiger partial charge in [0.2, 0.25) is 0 Å². The Hall–Kier alpha value is -1.01. The molecule has 0 aromatic carbocycles. The zero-order valence-corrected chi connectivity index (χ0v) is 19.1. The minimum Gasteiger partial charge on any atom is -0.353 e. The lowest BCUT2D eigenvalue weighted by molar-refractivity contribution is -0.192. The van der Waals surface area contributed by atoms with E-state index in [0.717, 1.165) is 64.6 Å². The predicted octanol–water partition coefficient (Wildman–Crippen LogP) is 5.48. The Morgan fingerprint density at radius 2 is 1.84 bits per heavy atom. The van der Waals surface area contributed by atoms with Crippen molar-refractivity contribution in [1.82, 2.24) is 0 Å². The number of fused-ring (bicyclic) bond motifs is 1. The van der Waals surface area contributed by atoms with Gasteiger partial charge in [-0.15, -0.1) is 0 Å². The van der Waals surface area contributed by atoms with Crippen LogP contribution < -0.4 is 0 Å². The van der Waals surface area contributed by atoms with E-state index in [-0.39, 0.29) is 42.4 Å². The highest BCUT2D eigenvalue weighted by atomic mass is 16.7. The number of hydrogen-bond acceptors (Lipinski definition) is 5. The van der Waals surface area contributed by atoms with Gasteiger partial charge in [-0.2, -0.15) is 0 Å². The molecule has 0 radical (unpaired) electrons. The Morgan fingerprint density at radius 3 is 2.55 bits per heavy atom. The van der Waals surface area contributed by atoms with Crippen molar-refractivity contribution in [3.63, 3.8) is 0 Å². The van der Waals surface area contributed by atoms with Crippen LogP contribution in [0.3, 0.4) is 0 Å². The molecule has 2 aliphatic heterocycles. The SMILES string of the molecule is CCCCC[C@@H](C=C[C@H]1[C@@H]2CC(=O)C=C2C[C@H]1OC1CCCCO1)OC1CCCCO1. The molecule has 2 heterocycles. The monoisotopic (exact) mass is 432 g/mol. The highest BCUT2D eigenvalue weighted by molar-refractivity contribution is 5.93. The average Bonchev–Trinajstić information content (AvgIpc) is 3.29. The lowest BCUT2D eigenvalue weighted by atomic mass is 9.91. The Labute approximate surface area is 187 Å². The molecule has 5 heteroatoms. The van der Waals surface area contributed by atoms with Crippen LogP contribution in [-0.4, -0.2) is 43.8 Å². The van der Waals surface area contributed by atoms with Crippen molar-refractivity contribution in [3.05, 3.63) is 23.8 Å². The molecule has 3 fully saturated rings. The van der Waals surface area contributed by atoms with Gasteiger partial charge in [0.25, 0.3) is 0 Å². The van der Waals surface area contributed by atoms with E-state index >= 15 is 0 Å². The maximum Gasteiger partial charge on any atom is 0.158 e. The van der Waals surface area contributed by atoms with Crippen molar-refractivity contribution < 1.29 is 23.7 Å². The first kappa shape index (κ1) is 23.2. The second-order valence-corrected chi connectivity index (χ2v) is 9.60. The van der Waals surface area contributed by atoms with Crippen LogP contribution >= 0.6 is 0 Å². The lowest BCUT2D eigenvalue weighted by Crippen LogP contribution is -2.31. The lowest BCUT2D eigenvalue weighted by Gasteiger charge is -2.29. The van der Waals surface area contributed by atoms with Crippen molar-refractivity contribution in [2.45, 2.75) is 109 Å². The first-order valence-electron chi connectivity index (χ1n) is 12.7. The van der Waals surface area contributed by atoms with Gasteiger partial charge in [0.05, 0.1) is 12.2 Å². The fourth-order valence-corrected chi connectivity index (χ4v) is 5.42. The fraction of sp³-hybridized carbons (Fsp3) is 0.808. The highest BCUT2D eigenvalue weighted by Gasteiger charge is 2.43. The van der Waals surface area contributed by atoms with Crippen LogP contribution in [0.4, 0.5) is 0 Å². The summed E-state index contributed by atoms with van der Waals surface area (Å²) in [6.45, 7) is 3.82. The third-order valence-electron chi connectivity index (χ3n) is 7.14. The van der Waals surface area contributed by atoms with E-state index in [4.69, 9.17) is 18.9 Å². The molecule has 4 rings (SSSR count). The van der Waals surface area contributed by atoms with E-state index in [1.54, 1.807) is 0 Å². The smallest absolute Gasteiger partial charge is 0.158 e. The van der Waals surface area contributed by atoms with Gasteiger partial charge in [-0.3, -0.25) is 4.79 Å². The number of carbonyl (C=O) groups is 1. The summed E-state index contributed by atoms with van der Waals surface area (Å²) in [4.78, 5) is 12.1. The van der Waals surface area contributed by atoms with Gasteiger partial charge in [-0.1, -0.05) is 43.9 Å². The Bertz CT molecular complexity index is 630. The molecule has 31 heavy (non-hydrogen) atoms. The van der Waals surface area contributed by atoms with Crippen LogP contribution in [-0.2, 0) is 23.7 Å². The zero-order valence-electron chi connectivity index (χ0n) is 19.1. The summed E-state index contributed by atoms with van der Waals surface area (Å²) in [5, 5.41) is 0. The van der Waals surface area contributed by atoms with Gasteiger partial charge < -0.3 is 18.9 Å². The Balaban J connectivity index is 1.42. The third kappa shape index (κ3) is 6.50. The summed E-state index contributed by atoms with van der Waals surface area (Å²) in [7, 11) is 0. The zero-order chi connectivity index (χ0) is 21.5. The molecule has 0 bridgehead atoms. The summed E-state index contributed by atoms with van der Waals surface area (Å²) in [6, 6.07) is 0. The molecule has 0 spiro atoms. The molecule has 4 aliphatic rings.